The highest BCUT2D eigenvalue weighted by atomic mass is 32.2. The maximum atomic E-state index is 12.5. The predicted molar refractivity (Wildman–Crippen MR) is 73.6 cm³/mol. The molecule has 2 atom stereocenters. The molecule has 120 valence electrons. The lowest BCUT2D eigenvalue weighted by molar-refractivity contribution is -0.138. The van der Waals surface area contributed by atoms with Crippen molar-refractivity contribution in [2.75, 3.05) is 37.7 Å². The summed E-state index contributed by atoms with van der Waals surface area (Å²) in [7, 11) is -3.19. The molecule has 0 bridgehead atoms. The van der Waals surface area contributed by atoms with Crippen molar-refractivity contribution >= 4 is 21.8 Å². The Bertz CT molecular complexity index is 520. The van der Waals surface area contributed by atoms with Crippen LogP contribution < -0.4 is 0 Å². The Hall–Kier alpha value is -1.35. The van der Waals surface area contributed by atoms with E-state index in [1.54, 1.807) is 0 Å². The van der Waals surface area contributed by atoms with Crippen molar-refractivity contribution in [3.05, 3.63) is 0 Å². The van der Waals surface area contributed by atoms with Crippen LogP contribution in [0.3, 0.4) is 0 Å². The summed E-state index contributed by atoms with van der Waals surface area (Å²) in [6.07, 6.45) is 0.949. The fourth-order valence-electron chi connectivity index (χ4n) is 2.86. The highest BCUT2D eigenvalue weighted by molar-refractivity contribution is 7.91. The van der Waals surface area contributed by atoms with Crippen molar-refractivity contribution in [2.45, 2.75) is 18.9 Å². The van der Waals surface area contributed by atoms with E-state index < -0.39 is 34.4 Å². The van der Waals surface area contributed by atoms with Gasteiger partial charge in [-0.05, 0) is 12.8 Å². The van der Waals surface area contributed by atoms with Crippen LogP contribution in [0.2, 0.25) is 0 Å². The van der Waals surface area contributed by atoms with Crippen LogP contribution in [0.25, 0.3) is 0 Å². The standard InChI is InChI=1S/C12H20N2O6S/c15-7-9-1-3-13(5-9)12(18)14(6-11(16)17)10-2-4-21(19,20)8-10/h9-10,15H,1-8H2,(H,16,17). The summed E-state index contributed by atoms with van der Waals surface area (Å²) < 4.78 is 23.1. The van der Waals surface area contributed by atoms with Gasteiger partial charge in [0.2, 0.25) is 0 Å². The van der Waals surface area contributed by atoms with E-state index in [1.807, 2.05) is 0 Å². The van der Waals surface area contributed by atoms with Gasteiger partial charge >= 0.3 is 12.0 Å². The third-order valence-corrected chi connectivity index (χ3v) is 5.77. The highest BCUT2D eigenvalue weighted by Crippen LogP contribution is 2.22. The molecule has 2 amide bonds. The summed E-state index contributed by atoms with van der Waals surface area (Å²) in [5.41, 5.74) is 0. The van der Waals surface area contributed by atoms with Crippen LogP contribution in [0.15, 0.2) is 0 Å². The van der Waals surface area contributed by atoms with Crippen LogP contribution in [0.4, 0.5) is 4.79 Å². The smallest absolute Gasteiger partial charge is 0.323 e. The van der Waals surface area contributed by atoms with Crippen LogP contribution in [0.5, 0.6) is 0 Å². The normalized spacial score (nSPS) is 27.8. The van der Waals surface area contributed by atoms with Crippen LogP contribution in [0.1, 0.15) is 12.8 Å². The first-order valence-electron chi connectivity index (χ1n) is 6.91. The van der Waals surface area contributed by atoms with Crippen molar-refractivity contribution in [2.24, 2.45) is 5.92 Å². The van der Waals surface area contributed by atoms with Gasteiger partial charge < -0.3 is 20.0 Å². The monoisotopic (exact) mass is 320 g/mol. The topological polar surface area (TPSA) is 115 Å². The molecule has 21 heavy (non-hydrogen) atoms. The first kappa shape index (κ1) is 16.0. The molecular weight excluding hydrogens is 300 g/mol. The molecule has 2 heterocycles. The van der Waals surface area contributed by atoms with Gasteiger partial charge in [-0.2, -0.15) is 0 Å². The molecule has 8 nitrogen and oxygen atoms in total. The lowest BCUT2D eigenvalue weighted by Crippen LogP contribution is -2.50. The molecule has 0 aromatic carbocycles. The zero-order valence-electron chi connectivity index (χ0n) is 11.6. The number of sulfone groups is 1. The van der Waals surface area contributed by atoms with Crippen molar-refractivity contribution in [3.63, 3.8) is 0 Å². The van der Waals surface area contributed by atoms with Gasteiger partial charge in [-0.15, -0.1) is 0 Å². The van der Waals surface area contributed by atoms with Crippen LogP contribution in [-0.4, -0.2) is 84.2 Å². The summed E-state index contributed by atoms with van der Waals surface area (Å²) in [4.78, 5) is 26.1. The molecule has 2 aliphatic rings. The van der Waals surface area contributed by atoms with Gasteiger partial charge in [0.1, 0.15) is 6.54 Å². The Morgan fingerprint density at radius 1 is 1.29 bits per heavy atom. The Kier molecular flexibility index (Phi) is 4.72. The van der Waals surface area contributed by atoms with Crippen molar-refractivity contribution in [1.82, 2.24) is 9.80 Å². The number of amides is 2. The molecule has 2 N–H and O–H groups in total. The maximum Gasteiger partial charge on any atom is 0.323 e. The number of nitrogens with zero attached hydrogens (tertiary/aromatic N) is 2. The number of carbonyl (C=O) groups is 2. The number of rotatable bonds is 4. The molecule has 0 radical (unpaired) electrons. The number of aliphatic carboxylic acids is 1. The summed E-state index contributed by atoms with van der Waals surface area (Å²) >= 11 is 0. The zero-order valence-corrected chi connectivity index (χ0v) is 12.5. The summed E-state index contributed by atoms with van der Waals surface area (Å²) in [6, 6.07) is -1.03. The first-order valence-corrected chi connectivity index (χ1v) is 8.73. The van der Waals surface area contributed by atoms with Crippen LogP contribution >= 0.6 is 0 Å². The average molecular weight is 320 g/mol. The van der Waals surface area contributed by atoms with E-state index >= 15 is 0 Å². The third-order valence-electron chi connectivity index (χ3n) is 4.02. The van der Waals surface area contributed by atoms with Crippen molar-refractivity contribution in [1.29, 1.82) is 0 Å². The average Bonchev–Trinajstić information content (AvgIpc) is 3.01. The van der Waals surface area contributed by atoms with E-state index in [9.17, 15) is 18.0 Å². The van der Waals surface area contributed by atoms with Gasteiger partial charge in [0.15, 0.2) is 9.84 Å². The lowest BCUT2D eigenvalue weighted by Gasteiger charge is -2.31. The molecule has 2 fully saturated rings. The number of aliphatic hydroxyl groups is 1. The number of carboxylic acid groups (broad SMARTS) is 1. The molecule has 9 heteroatoms. The second-order valence-corrected chi connectivity index (χ2v) is 7.87. The lowest BCUT2D eigenvalue weighted by atomic mass is 10.1. The van der Waals surface area contributed by atoms with E-state index in [0.717, 1.165) is 4.90 Å². The Balaban J connectivity index is 2.09. The number of likely N-dealkylation sites (tertiary alicyclic amines) is 1. The Morgan fingerprint density at radius 2 is 2.00 bits per heavy atom. The molecule has 0 aromatic rings. The number of urea groups is 1. The summed E-state index contributed by atoms with van der Waals surface area (Å²) in [5.74, 6) is -1.35. The maximum absolute atomic E-state index is 12.5. The van der Waals surface area contributed by atoms with E-state index in [0.29, 0.717) is 19.5 Å². The first-order chi connectivity index (χ1) is 9.82. The number of hydrogen-bond acceptors (Lipinski definition) is 5. The van der Waals surface area contributed by atoms with Gasteiger partial charge in [0, 0.05) is 31.7 Å². The van der Waals surface area contributed by atoms with Gasteiger partial charge in [0.25, 0.3) is 0 Å². The van der Waals surface area contributed by atoms with Crippen molar-refractivity contribution < 1.29 is 28.2 Å². The molecule has 2 aliphatic heterocycles. The molecule has 0 saturated carbocycles. The molecule has 2 rings (SSSR count). The second kappa shape index (κ2) is 6.18. The minimum absolute atomic E-state index is 0.00735. The predicted octanol–water partition coefficient (Wildman–Crippen LogP) is -1.01. The van der Waals surface area contributed by atoms with E-state index in [1.165, 1.54) is 4.90 Å². The zero-order chi connectivity index (χ0) is 15.6. The van der Waals surface area contributed by atoms with Gasteiger partial charge in [-0.25, -0.2) is 13.2 Å². The second-order valence-electron chi connectivity index (χ2n) is 5.64. The largest absolute Gasteiger partial charge is 0.480 e. The molecule has 2 saturated heterocycles. The fourth-order valence-corrected chi connectivity index (χ4v) is 4.59. The molecular formula is C12H20N2O6S. The van der Waals surface area contributed by atoms with Gasteiger partial charge in [-0.3, -0.25) is 4.79 Å². The van der Waals surface area contributed by atoms with E-state index in [2.05, 4.69) is 0 Å². The molecule has 2 unspecified atom stereocenters. The number of hydrogen-bond donors (Lipinski definition) is 2. The molecule has 0 spiro atoms. The quantitative estimate of drug-likeness (QED) is 0.686. The van der Waals surface area contributed by atoms with Crippen molar-refractivity contribution in [3.8, 4) is 0 Å². The fraction of sp³-hybridized carbons (Fsp3) is 0.833. The SMILES string of the molecule is O=C(O)CN(C(=O)N1CCC(CO)C1)C1CCS(=O)(=O)C1. The molecule has 0 aromatic heterocycles. The van der Waals surface area contributed by atoms with E-state index in [4.69, 9.17) is 10.2 Å². The number of carbonyl (C=O) groups excluding carboxylic acids is 1. The van der Waals surface area contributed by atoms with Crippen LogP contribution in [-0.2, 0) is 14.6 Å². The number of carboxylic acids is 1. The molecule has 0 aliphatic carbocycles. The van der Waals surface area contributed by atoms with E-state index in [-0.39, 0.29) is 30.5 Å². The Labute approximate surface area is 123 Å². The Morgan fingerprint density at radius 3 is 2.48 bits per heavy atom. The third kappa shape index (κ3) is 3.85. The minimum Gasteiger partial charge on any atom is -0.480 e. The van der Waals surface area contributed by atoms with Crippen LogP contribution in [0, 0.1) is 5.92 Å². The highest BCUT2D eigenvalue weighted by Gasteiger charge is 2.38. The number of aliphatic hydroxyl groups excluding tert-OH is 1. The summed E-state index contributed by atoms with van der Waals surface area (Å²) in [6.45, 7) is 0.324. The van der Waals surface area contributed by atoms with Gasteiger partial charge in [0.05, 0.1) is 11.5 Å². The summed E-state index contributed by atoms with van der Waals surface area (Å²) in [5, 5.41) is 18.1. The van der Waals surface area contributed by atoms with Gasteiger partial charge in [-0.1, -0.05) is 0 Å². The minimum atomic E-state index is -3.19.